The third kappa shape index (κ3) is 3.71. The van der Waals surface area contributed by atoms with Gasteiger partial charge >= 0.3 is 0 Å². The van der Waals surface area contributed by atoms with Crippen molar-refractivity contribution in [3.63, 3.8) is 0 Å². The van der Waals surface area contributed by atoms with Gasteiger partial charge in [0.25, 0.3) is 11.9 Å². The maximum Gasteiger partial charge on any atom is 0.282 e. The van der Waals surface area contributed by atoms with Crippen LogP contribution in [0.3, 0.4) is 0 Å². The maximum atomic E-state index is 14.3. The number of benzene rings is 1. The molecule has 1 aromatic carbocycles. The lowest BCUT2D eigenvalue weighted by atomic mass is 9.88. The standard InChI is InChI=1S/C17H16ClFN4O2/c1-17(5-7-25-16(20)23-17)12-9-11(2-3-13(12)19)22-15(24)14-8-10(18)4-6-21-14/h2-4,6,8-9H,5,7H2,1H3,(H2,20,23)(H,22,24)/t17-/m0/s1. The van der Waals surface area contributed by atoms with Crippen LogP contribution in [0, 0.1) is 5.82 Å². The van der Waals surface area contributed by atoms with Crippen LogP contribution in [0.2, 0.25) is 5.02 Å². The molecular formula is C17H16ClFN4O2. The van der Waals surface area contributed by atoms with E-state index in [0.717, 1.165) is 0 Å². The molecule has 0 spiro atoms. The second kappa shape index (κ2) is 6.68. The monoisotopic (exact) mass is 362 g/mol. The average Bonchev–Trinajstić information content (AvgIpc) is 2.56. The fourth-order valence-corrected chi connectivity index (χ4v) is 2.78. The van der Waals surface area contributed by atoms with Crippen molar-refractivity contribution in [3.8, 4) is 0 Å². The highest BCUT2D eigenvalue weighted by Gasteiger charge is 2.33. The Labute approximate surface area is 148 Å². The number of nitrogens with one attached hydrogen (secondary N) is 1. The van der Waals surface area contributed by atoms with Gasteiger partial charge in [0.15, 0.2) is 0 Å². The number of ether oxygens (including phenoxy) is 1. The van der Waals surface area contributed by atoms with Gasteiger partial charge in [-0.05, 0) is 37.3 Å². The number of nitrogens with two attached hydrogens (primary N) is 1. The molecule has 1 aromatic heterocycles. The van der Waals surface area contributed by atoms with Gasteiger partial charge in [-0.15, -0.1) is 0 Å². The van der Waals surface area contributed by atoms with E-state index in [-0.39, 0.29) is 11.7 Å². The highest BCUT2D eigenvalue weighted by atomic mass is 35.5. The predicted octanol–water partition coefficient (Wildman–Crippen LogP) is 3.08. The molecule has 2 aromatic rings. The molecule has 0 radical (unpaired) electrons. The van der Waals surface area contributed by atoms with E-state index in [9.17, 15) is 9.18 Å². The van der Waals surface area contributed by atoms with Gasteiger partial charge in [0.1, 0.15) is 11.5 Å². The van der Waals surface area contributed by atoms with Crippen LogP contribution >= 0.6 is 11.6 Å². The smallest absolute Gasteiger partial charge is 0.282 e. The number of anilines is 1. The van der Waals surface area contributed by atoms with Crippen molar-refractivity contribution < 1.29 is 13.9 Å². The summed E-state index contributed by atoms with van der Waals surface area (Å²) in [7, 11) is 0. The quantitative estimate of drug-likeness (QED) is 0.878. The van der Waals surface area contributed by atoms with Gasteiger partial charge in [-0.1, -0.05) is 11.6 Å². The number of carbonyl (C=O) groups is 1. The van der Waals surface area contributed by atoms with Gasteiger partial charge in [0.2, 0.25) is 0 Å². The van der Waals surface area contributed by atoms with Crippen LogP contribution in [0.25, 0.3) is 0 Å². The minimum Gasteiger partial charge on any atom is -0.465 e. The largest absolute Gasteiger partial charge is 0.465 e. The van der Waals surface area contributed by atoms with Crippen LogP contribution in [0.4, 0.5) is 10.1 Å². The first-order chi connectivity index (χ1) is 11.9. The zero-order valence-corrected chi connectivity index (χ0v) is 14.2. The van der Waals surface area contributed by atoms with Crippen molar-refractivity contribution in [1.29, 1.82) is 0 Å². The fourth-order valence-electron chi connectivity index (χ4n) is 2.62. The number of pyridine rings is 1. The Kier molecular flexibility index (Phi) is 4.59. The molecule has 2 heterocycles. The number of rotatable bonds is 3. The number of aliphatic imine (C=N–C) groups is 1. The van der Waals surface area contributed by atoms with Crippen molar-refractivity contribution in [3.05, 3.63) is 58.6 Å². The van der Waals surface area contributed by atoms with Gasteiger partial charge in [0.05, 0.1) is 12.1 Å². The lowest BCUT2D eigenvalue weighted by Crippen LogP contribution is -2.34. The van der Waals surface area contributed by atoms with E-state index in [1.54, 1.807) is 19.1 Å². The summed E-state index contributed by atoms with van der Waals surface area (Å²) in [5, 5.41) is 3.09. The Morgan fingerprint density at radius 2 is 2.20 bits per heavy atom. The Hall–Kier alpha value is -2.67. The van der Waals surface area contributed by atoms with E-state index in [4.69, 9.17) is 22.1 Å². The zero-order valence-electron chi connectivity index (χ0n) is 13.4. The third-order valence-corrected chi connectivity index (χ3v) is 4.19. The molecule has 130 valence electrons. The number of carbonyl (C=O) groups excluding carboxylic acids is 1. The van der Waals surface area contributed by atoms with E-state index >= 15 is 0 Å². The van der Waals surface area contributed by atoms with E-state index in [0.29, 0.717) is 29.3 Å². The zero-order chi connectivity index (χ0) is 18.0. The normalized spacial score (nSPS) is 19.7. The Morgan fingerprint density at radius 3 is 2.92 bits per heavy atom. The summed E-state index contributed by atoms with van der Waals surface area (Å²) in [6.07, 6.45) is 1.91. The SMILES string of the molecule is C[C@@]1(c2cc(NC(=O)c3cc(Cl)ccn3)ccc2F)CCOC(N)=N1. The average molecular weight is 363 g/mol. The molecule has 1 amide bonds. The summed E-state index contributed by atoms with van der Waals surface area (Å²) in [6, 6.07) is 7.33. The van der Waals surface area contributed by atoms with Crippen molar-refractivity contribution in [1.82, 2.24) is 4.98 Å². The van der Waals surface area contributed by atoms with Crippen LogP contribution in [0.15, 0.2) is 41.5 Å². The molecule has 0 unspecified atom stereocenters. The van der Waals surface area contributed by atoms with Crippen LogP contribution < -0.4 is 11.1 Å². The van der Waals surface area contributed by atoms with Crippen molar-refractivity contribution in [2.75, 3.05) is 11.9 Å². The number of nitrogens with zero attached hydrogens (tertiary/aromatic N) is 2. The topological polar surface area (TPSA) is 89.6 Å². The number of hydrogen-bond donors (Lipinski definition) is 2. The number of amides is 1. The molecule has 0 saturated carbocycles. The van der Waals surface area contributed by atoms with Crippen molar-refractivity contribution in [2.45, 2.75) is 18.9 Å². The number of aromatic nitrogens is 1. The molecule has 3 N–H and O–H groups in total. The number of halogens is 2. The second-order valence-corrected chi connectivity index (χ2v) is 6.27. The summed E-state index contributed by atoms with van der Waals surface area (Å²) in [5.74, 6) is -0.875. The molecule has 1 aliphatic heterocycles. The first kappa shape index (κ1) is 17.2. The molecule has 1 aliphatic rings. The molecule has 0 fully saturated rings. The second-order valence-electron chi connectivity index (χ2n) is 5.83. The molecule has 8 heteroatoms. The molecule has 1 atom stereocenters. The van der Waals surface area contributed by atoms with E-state index < -0.39 is 17.3 Å². The summed E-state index contributed by atoms with van der Waals surface area (Å²) >= 11 is 5.86. The predicted molar refractivity (Wildman–Crippen MR) is 93.1 cm³/mol. The van der Waals surface area contributed by atoms with Gasteiger partial charge < -0.3 is 15.8 Å². The van der Waals surface area contributed by atoms with Gasteiger partial charge in [0, 0.05) is 28.9 Å². The van der Waals surface area contributed by atoms with Crippen molar-refractivity contribution in [2.24, 2.45) is 10.7 Å². The number of hydrogen-bond acceptors (Lipinski definition) is 5. The van der Waals surface area contributed by atoms with E-state index in [2.05, 4.69) is 15.3 Å². The van der Waals surface area contributed by atoms with E-state index in [1.165, 1.54) is 24.4 Å². The van der Waals surface area contributed by atoms with Crippen LogP contribution in [0.1, 0.15) is 29.4 Å². The Balaban J connectivity index is 1.89. The highest BCUT2D eigenvalue weighted by Crippen LogP contribution is 2.35. The molecule has 3 rings (SSSR count). The molecule has 0 bridgehead atoms. The summed E-state index contributed by atoms with van der Waals surface area (Å²) in [4.78, 5) is 20.5. The fraction of sp³-hybridized carbons (Fsp3) is 0.235. The number of amidine groups is 1. The van der Waals surface area contributed by atoms with Gasteiger partial charge in [-0.2, -0.15) is 0 Å². The van der Waals surface area contributed by atoms with Crippen LogP contribution in [-0.2, 0) is 10.3 Å². The molecule has 25 heavy (non-hydrogen) atoms. The Morgan fingerprint density at radius 1 is 1.40 bits per heavy atom. The molecular weight excluding hydrogens is 347 g/mol. The lowest BCUT2D eigenvalue weighted by molar-refractivity contribution is 0.102. The van der Waals surface area contributed by atoms with Gasteiger partial charge in [-0.25, -0.2) is 9.38 Å². The minimum atomic E-state index is -0.860. The van der Waals surface area contributed by atoms with Crippen LogP contribution in [-0.4, -0.2) is 23.5 Å². The first-order valence-electron chi connectivity index (χ1n) is 7.58. The first-order valence-corrected chi connectivity index (χ1v) is 7.96. The highest BCUT2D eigenvalue weighted by molar-refractivity contribution is 6.30. The molecule has 6 nitrogen and oxygen atoms in total. The lowest BCUT2D eigenvalue weighted by Gasteiger charge is -2.30. The third-order valence-electron chi connectivity index (χ3n) is 3.95. The molecule has 0 aliphatic carbocycles. The molecule has 0 saturated heterocycles. The Bertz CT molecular complexity index is 858. The summed E-state index contributed by atoms with van der Waals surface area (Å²) < 4.78 is 19.5. The summed E-state index contributed by atoms with van der Waals surface area (Å²) in [6.45, 7) is 2.11. The van der Waals surface area contributed by atoms with E-state index in [1.807, 2.05) is 0 Å². The van der Waals surface area contributed by atoms with Crippen LogP contribution in [0.5, 0.6) is 0 Å². The van der Waals surface area contributed by atoms with Gasteiger partial charge in [-0.3, -0.25) is 9.78 Å². The van der Waals surface area contributed by atoms with Crippen molar-refractivity contribution >= 4 is 29.2 Å². The maximum absolute atomic E-state index is 14.3. The minimum absolute atomic E-state index is 0.0192. The summed E-state index contributed by atoms with van der Waals surface area (Å²) in [5.41, 5.74) is 5.68.